The van der Waals surface area contributed by atoms with E-state index in [2.05, 4.69) is 27.6 Å². The molecule has 0 spiro atoms. The van der Waals surface area contributed by atoms with Gasteiger partial charge in [-0.15, -0.1) is 0 Å². The lowest BCUT2D eigenvalue weighted by atomic mass is 10.2. The Balaban J connectivity index is 2.34. The van der Waals surface area contributed by atoms with Crippen LogP contribution in [0.15, 0.2) is 15.8 Å². The van der Waals surface area contributed by atoms with Gasteiger partial charge < -0.3 is 9.84 Å². The highest BCUT2D eigenvalue weighted by Crippen LogP contribution is 2.28. The summed E-state index contributed by atoms with van der Waals surface area (Å²) in [6.07, 6.45) is 0.483. The topological polar surface area (TPSA) is 84.3 Å². The minimum Gasteiger partial charge on any atom is -0.390 e. The van der Waals surface area contributed by atoms with E-state index < -0.39 is 23.6 Å². The number of rotatable bonds is 2. The predicted octanol–water partition coefficient (Wildman–Crippen LogP) is -0.0716. The maximum absolute atomic E-state index is 11.6. The van der Waals surface area contributed by atoms with Gasteiger partial charge in [0.1, 0.15) is 6.23 Å². The summed E-state index contributed by atoms with van der Waals surface area (Å²) in [6, 6.07) is 0. The van der Waals surface area contributed by atoms with Crippen LogP contribution in [0.1, 0.15) is 18.2 Å². The molecule has 3 atom stereocenters. The van der Waals surface area contributed by atoms with E-state index in [1.165, 1.54) is 10.8 Å². The van der Waals surface area contributed by atoms with Crippen molar-refractivity contribution in [2.75, 3.05) is 4.43 Å². The number of alkyl halides is 1. The Hall–Kier alpha value is -0.670. The zero-order valence-corrected chi connectivity index (χ0v) is 11.4. The van der Waals surface area contributed by atoms with Crippen LogP contribution in [0.5, 0.6) is 0 Å². The normalized spacial score (nSPS) is 28.5. The summed E-state index contributed by atoms with van der Waals surface area (Å²) in [5.41, 5.74) is -0.456. The maximum atomic E-state index is 11.6. The third-order valence-electron chi connectivity index (χ3n) is 2.81. The van der Waals surface area contributed by atoms with Crippen molar-refractivity contribution in [1.82, 2.24) is 9.55 Å². The molecule has 2 rings (SSSR count). The van der Waals surface area contributed by atoms with Crippen molar-refractivity contribution in [3.8, 4) is 0 Å². The van der Waals surface area contributed by atoms with Crippen molar-refractivity contribution < 1.29 is 9.84 Å². The predicted molar refractivity (Wildman–Crippen MR) is 69.5 cm³/mol. The Morgan fingerprint density at radius 3 is 2.94 bits per heavy atom. The molecule has 0 amide bonds. The largest absolute Gasteiger partial charge is 0.390 e. The number of hydrogen-bond donors (Lipinski definition) is 2. The van der Waals surface area contributed by atoms with Gasteiger partial charge in [0.05, 0.1) is 12.2 Å². The summed E-state index contributed by atoms with van der Waals surface area (Å²) in [4.78, 5) is 25.1. The smallest absolute Gasteiger partial charge is 0.330 e. The molecule has 1 aromatic rings. The zero-order chi connectivity index (χ0) is 12.6. The van der Waals surface area contributed by atoms with Crippen LogP contribution in [0.3, 0.4) is 0 Å². The third-order valence-corrected chi connectivity index (χ3v) is 3.68. The number of ether oxygens (including phenoxy) is 1. The Kier molecular flexibility index (Phi) is 3.69. The first-order valence-corrected chi connectivity index (χ1v) is 6.77. The molecule has 1 saturated heterocycles. The van der Waals surface area contributed by atoms with Gasteiger partial charge in [0.2, 0.25) is 0 Å². The number of nitrogens with one attached hydrogen (secondary N) is 1. The van der Waals surface area contributed by atoms with Crippen molar-refractivity contribution in [2.45, 2.75) is 31.8 Å². The fourth-order valence-electron chi connectivity index (χ4n) is 1.82. The number of hydrogen-bond acceptors (Lipinski definition) is 4. The quantitative estimate of drug-likeness (QED) is 0.577. The molecular weight excluding hydrogens is 339 g/mol. The van der Waals surface area contributed by atoms with E-state index in [-0.39, 0.29) is 6.10 Å². The molecule has 0 unspecified atom stereocenters. The average Bonchev–Trinajstić information content (AvgIpc) is 2.65. The summed E-state index contributed by atoms with van der Waals surface area (Å²) in [6.45, 7) is 1.62. The van der Waals surface area contributed by atoms with Crippen molar-refractivity contribution in [2.24, 2.45) is 0 Å². The molecule has 1 aromatic heterocycles. The summed E-state index contributed by atoms with van der Waals surface area (Å²) in [7, 11) is 0. The van der Waals surface area contributed by atoms with Crippen molar-refractivity contribution in [1.29, 1.82) is 0 Å². The van der Waals surface area contributed by atoms with E-state index in [1.807, 2.05) is 0 Å². The van der Waals surface area contributed by atoms with Crippen LogP contribution in [0, 0.1) is 6.92 Å². The highest BCUT2D eigenvalue weighted by Gasteiger charge is 2.34. The number of halogens is 1. The molecular formula is C10H13IN2O4. The molecule has 1 fully saturated rings. The lowest BCUT2D eigenvalue weighted by molar-refractivity contribution is -0.00618. The number of aromatic nitrogens is 2. The van der Waals surface area contributed by atoms with Crippen molar-refractivity contribution >= 4 is 22.6 Å². The van der Waals surface area contributed by atoms with E-state index in [0.717, 1.165) is 0 Å². The number of nitrogens with zero attached hydrogens (tertiary/aromatic N) is 1. The molecule has 1 aliphatic heterocycles. The lowest BCUT2D eigenvalue weighted by Gasteiger charge is -2.14. The molecule has 0 aliphatic carbocycles. The van der Waals surface area contributed by atoms with Gasteiger partial charge in [-0.1, -0.05) is 22.6 Å². The minimum absolute atomic E-state index is 0.264. The molecule has 2 heterocycles. The summed E-state index contributed by atoms with van der Waals surface area (Å²) >= 11 is 2.12. The van der Waals surface area contributed by atoms with Crippen LogP contribution < -0.4 is 11.2 Å². The van der Waals surface area contributed by atoms with E-state index in [1.54, 1.807) is 6.92 Å². The van der Waals surface area contributed by atoms with Crippen molar-refractivity contribution in [3.63, 3.8) is 0 Å². The van der Waals surface area contributed by atoms with Gasteiger partial charge in [0.25, 0.3) is 5.56 Å². The molecule has 17 heavy (non-hydrogen) atoms. The maximum Gasteiger partial charge on any atom is 0.330 e. The number of aliphatic hydroxyl groups excluding tert-OH is 1. The Labute approximate surface area is 111 Å². The third kappa shape index (κ3) is 2.45. The van der Waals surface area contributed by atoms with Crippen LogP contribution in [-0.2, 0) is 4.74 Å². The standard InChI is InChI=1S/C10H13IN2O4/c1-5-4-13(10(16)12-9(5)15)8-2-6(14)7(3-11)17-8/h4,6-8,14H,2-3H2,1H3,(H,12,15,16)/t6-,7+,8+/m0/s1. The second-order valence-electron chi connectivity index (χ2n) is 4.07. The van der Waals surface area contributed by atoms with E-state index in [9.17, 15) is 14.7 Å². The molecule has 1 aliphatic rings. The van der Waals surface area contributed by atoms with E-state index in [0.29, 0.717) is 16.4 Å². The number of aromatic amines is 1. The van der Waals surface area contributed by atoms with Gasteiger partial charge in [-0.2, -0.15) is 0 Å². The fourth-order valence-corrected chi connectivity index (χ4v) is 2.62. The van der Waals surface area contributed by atoms with Gasteiger partial charge in [0.15, 0.2) is 0 Å². The monoisotopic (exact) mass is 352 g/mol. The summed E-state index contributed by atoms with van der Waals surface area (Å²) < 4.78 is 7.55. The first-order valence-electron chi connectivity index (χ1n) is 5.24. The molecule has 2 N–H and O–H groups in total. The molecule has 0 saturated carbocycles. The van der Waals surface area contributed by atoms with E-state index >= 15 is 0 Å². The number of aryl methyl sites for hydroxylation is 1. The van der Waals surface area contributed by atoms with Gasteiger partial charge in [0, 0.05) is 22.6 Å². The van der Waals surface area contributed by atoms with Crippen LogP contribution in [0.4, 0.5) is 0 Å². The highest BCUT2D eigenvalue weighted by molar-refractivity contribution is 14.1. The summed E-state index contributed by atoms with van der Waals surface area (Å²) in [5, 5.41) is 9.72. The average molecular weight is 352 g/mol. The Morgan fingerprint density at radius 1 is 1.65 bits per heavy atom. The number of aliphatic hydroxyl groups is 1. The first kappa shape index (κ1) is 12.8. The highest BCUT2D eigenvalue weighted by atomic mass is 127. The molecule has 0 radical (unpaired) electrons. The van der Waals surface area contributed by atoms with Crippen molar-refractivity contribution in [3.05, 3.63) is 32.6 Å². The van der Waals surface area contributed by atoms with Crippen LogP contribution >= 0.6 is 22.6 Å². The van der Waals surface area contributed by atoms with Gasteiger partial charge in [-0.3, -0.25) is 14.3 Å². The molecule has 0 aromatic carbocycles. The number of H-pyrrole nitrogens is 1. The van der Waals surface area contributed by atoms with Gasteiger partial charge in [-0.05, 0) is 6.92 Å². The second kappa shape index (κ2) is 4.91. The van der Waals surface area contributed by atoms with Crippen LogP contribution in [-0.4, -0.2) is 31.3 Å². The Morgan fingerprint density at radius 2 is 2.35 bits per heavy atom. The lowest BCUT2D eigenvalue weighted by Crippen LogP contribution is -2.33. The molecule has 0 bridgehead atoms. The minimum atomic E-state index is -0.573. The zero-order valence-electron chi connectivity index (χ0n) is 9.22. The Bertz CT molecular complexity index is 524. The van der Waals surface area contributed by atoms with Crippen LogP contribution in [0.2, 0.25) is 0 Å². The SMILES string of the molecule is Cc1cn([C@H]2C[C@H](O)[C@@H](CI)O2)c(=O)[nH]c1=O. The first-order chi connectivity index (χ1) is 8.02. The fraction of sp³-hybridized carbons (Fsp3) is 0.600. The van der Waals surface area contributed by atoms with Gasteiger partial charge in [-0.25, -0.2) is 4.79 Å². The van der Waals surface area contributed by atoms with Crippen LogP contribution in [0.25, 0.3) is 0 Å². The second-order valence-corrected chi connectivity index (χ2v) is 4.95. The molecule has 94 valence electrons. The molecule has 7 heteroatoms. The molecule has 6 nitrogen and oxygen atoms in total. The van der Waals surface area contributed by atoms with Gasteiger partial charge >= 0.3 is 5.69 Å². The summed E-state index contributed by atoms with van der Waals surface area (Å²) in [5.74, 6) is 0. The van der Waals surface area contributed by atoms with E-state index in [4.69, 9.17) is 4.74 Å².